The van der Waals surface area contributed by atoms with E-state index in [9.17, 15) is 14.4 Å². The Hall–Kier alpha value is -3.80. The van der Waals surface area contributed by atoms with Gasteiger partial charge in [-0.05, 0) is 43.2 Å². The fraction of sp³-hybridized carbons (Fsp3) is 0.200. The summed E-state index contributed by atoms with van der Waals surface area (Å²) in [4.78, 5) is 43.3. The lowest BCUT2D eigenvalue weighted by molar-refractivity contribution is -0.121. The van der Waals surface area contributed by atoms with Gasteiger partial charge in [-0.25, -0.2) is 0 Å². The molecule has 1 unspecified atom stereocenters. The Kier molecular flexibility index (Phi) is 5.89. The number of amides is 3. The molecule has 1 atom stereocenters. The molecule has 1 aromatic heterocycles. The van der Waals surface area contributed by atoms with Crippen LogP contribution in [0.25, 0.3) is 0 Å². The maximum atomic E-state index is 12.7. The number of nitrogens with one attached hydrogen (secondary N) is 1. The first-order chi connectivity index (χ1) is 15.0. The molecule has 0 bridgehead atoms. The van der Waals surface area contributed by atoms with Crippen molar-refractivity contribution in [2.24, 2.45) is 0 Å². The van der Waals surface area contributed by atoms with E-state index in [0.717, 1.165) is 16.2 Å². The van der Waals surface area contributed by atoms with E-state index in [-0.39, 0.29) is 36.7 Å². The zero-order chi connectivity index (χ0) is 21.8. The molecule has 2 aromatic carbocycles. The number of nitrogens with zero attached hydrogens (tertiary/aromatic N) is 2. The summed E-state index contributed by atoms with van der Waals surface area (Å²) in [7, 11) is 0. The number of aromatic nitrogens is 1. The number of carbonyl (C=O) groups is 3. The Labute approximate surface area is 180 Å². The van der Waals surface area contributed by atoms with Gasteiger partial charge >= 0.3 is 0 Å². The Morgan fingerprint density at radius 1 is 0.935 bits per heavy atom. The van der Waals surface area contributed by atoms with Crippen LogP contribution in [0.5, 0.6) is 0 Å². The van der Waals surface area contributed by atoms with Gasteiger partial charge in [0.05, 0.1) is 22.9 Å². The van der Waals surface area contributed by atoms with Crippen molar-refractivity contribution in [3.63, 3.8) is 0 Å². The summed E-state index contributed by atoms with van der Waals surface area (Å²) >= 11 is 0. The fourth-order valence-corrected chi connectivity index (χ4v) is 3.69. The highest BCUT2D eigenvalue weighted by Crippen LogP contribution is 2.23. The Balaban J connectivity index is 1.42. The minimum absolute atomic E-state index is 0.0305. The lowest BCUT2D eigenvalue weighted by atomic mass is 10.0. The zero-order valence-electron chi connectivity index (χ0n) is 17.2. The van der Waals surface area contributed by atoms with Gasteiger partial charge in [0.2, 0.25) is 5.91 Å². The molecule has 0 radical (unpaired) electrons. The number of aryl methyl sites for hydroxylation is 1. The average Bonchev–Trinajstić information content (AvgIpc) is 3.04. The molecule has 0 aliphatic carbocycles. The molecular formula is C25H23N3O3. The van der Waals surface area contributed by atoms with Crippen LogP contribution in [0.1, 0.15) is 50.0 Å². The summed E-state index contributed by atoms with van der Waals surface area (Å²) < 4.78 is 0. The van der Waals surface area contributed by atoms with Crippen molar-refractivity contribution in [2.75, 3.05) is 6.54 Å². The Bertz CT molecular complexity index is 1080. The highest BCUT2D eigenvalue weighted by atomic mass is 16.2. The largest absolute Gasteiger partial charge is 0.347 e. The first kappa shape index (κ1) is 20.5. The first-order valence-corrected chi connectivity index (χ1v) is 10.2. The van der Waals surface area contributed by atoms with Crippen LogP contribution in [0.15, 0.2) is 72.9 Å². The third-order valence-corrected chi connectivity index (χ3v) is 5.38. The lowest BCUT2D eigenvalue weighted by Crippen LogP contribution is -2.36. The number of hydrogen-bond donors (Lipinski definition) is 1. The third kappa shape index (κ3) is 4.53. The molecule has 31 heavy (non-hydrogen) atoms. The molecule has 0 fully saturated rings. The second-order valence-electron chi connectivity index (χ2n) is 7.62. The van der Waals surface area contributed by atoms with E-state index >= 15 is 0 Å². The van der Waals surface area contributed by atoms with E-state index in [0.29, 0.717) is 17.5 Å². The normalized spacial score (nSPS) is 13.8. The molecule has 6 heteroatoms. The number of fused-ring (bicyclic) bond motifs is 1. The van der Waals surface area contributed by atoms with Gasteiger partial charge in [0.25, 0.3) is 11.8 Å². The molecule has 4 rings (SSSR count). The topological polar surface area (TPSA) is 79.4 Å². The number of hydrogen-bond acceptors (Lipinski definition) is 4. The third-order valence-electron chi connectivity index (χ3n) is 5.38. The van der Waals surface area contributed by atoms with Gasteiger partial charge in [0, 0.05) is 19.2 Å². The van der Waals surface area contributed by atoms with Crippen LogP contribution >= 0.6 is 0 Å². The maximum absolute atomic E-state index is 12.7. The monoisotopic (exact) mass is 413 g/mol. The summed E-state index contributed by atoms with van der Waals surface area (Å²) in [6.07, 6.45) is 2.32. The van der Waals surface area contributed by atoms with Crippen molar-refractivity contribution in [1.29, 1.82) is 0 Å². The molecule has 0 saturated carbocycles. The average molecular weight is 413 g/mol. The second-order valence-corrected chi connectivity index (χ2v) is 7.62. The number of pyridine rings is 1. The summed E-state index contributed by atoms with van der Waals surface area (Å²) in [5, 5.41) is 3.02. The first-order valence-electron chi connectivity index (χ1n) is 10.2. The maximum Gasteiger partial charge on any atom is 0.261 e. The highest BCUT2D eigenvalue weighted by molar-refractivity contribution is 6.21. The van der Waals surface area contributed by atoms with Gasteiger partial charge in [-0.3, -0.25) is 24.3 Å². The summed E-state index contributed by atoms with van der Waals surface area (Å²) in [5.74, 6) is -0.942. The number of benzene rings is 2. The van der Waals surface area contributed by atoms with Gasteiger partial charge in [-0.2, -0.15) is 0 Å². The predicted molar refractivity (Wildman–Crippen MR) is 116 cm³/mol. The molecule has 2 heterocycles. The van der Waals surface area contributed by atoms with Crippen molar-refractivity contribution >= 4 is 17.7 Å². The van der Waals surface area contributed by atoms with E-state index in [1.54, 1.807) is 30.5 Å². The quantitative estimate of drug-likeness (QED) is 0.602. The van der Waals surface area contributed by atoms with Crippen molar-refractivity contribution in [2.45, 2.75) is 25.8 Å². The van der Waals surface area contributed by atoms with Crippen LogP contribution < -0.4 is 5.32 Å². The van der Waals surface area contributed by atoms with Gasteiger partial charge in [0.1, 0.15) is 0 Å². The van der Waals surface area contributed by atoms with Crippen molar-refractivity contribution < 1.29 is 14.4 Å². The Morgan fingerprint density at radius 2 is 1.58 bits per heavy atom. The van der Waals surface area contributed by atoms with Crippen LogP contribution in [0.2, 0.25) is 0 Å². The standard InChI is InChI=1S/C25H23N3O3/c1-17-9-11-18(12-10-17)16-22(21-8-4-5-14-26-21)27-23(29)13-15-28-24(30)19-6-2-3-7-20(19)25(28)31/h2-12,14,22H,13,15-16H2,1H3,(H,27,29). The predicted octanol–water partition coefficient (Wildman–Crippen LogP) is 3.48. The summed E-state index contributed by atoms with van der Waals surface area (Å²) in [6.45, 7) is 2.07. The second kappa shape index (κ2) is 8.92. The minimum atomic E-state index is -0.352. The van der Waals surface area contributed by atoms with Crippen LogP contribution in [-0.4, -0.2) is 34.2 Å². The molecule has 0 spiro atoms. The van der Waals surface area contributed by atoms with Gasteiger partial charge in [0.15, 0.2) is 0 Å². The van der Waals surface area contributed by atoms with Crippen molar-refractivity contribution in [3.05, 3.63) is 101 Å². The molecule has 1 aliphatic heterocycles. The molecule has 3 aromatic rings. The number of rotatable bonds is 7. The van der Waals surface area contributed by atoms with Gasteiger partial charge in [-0.1, -0.05) is 48.0 Å². The van der Waals surface area contributed by atoms with E-state index in [1.807, 2.05) is 49.4 Å². The van der Waals surface area contributed by atoms with Gasteiger partial charge < -0.3 is 5.32 Å². The van der Waals surface area contributed by atoms with Crippen LogP contribution in [0.4, 0.5) is 0 Å². The van der Waals surface area contributed by atoms with Gasteiger partial charge in [-0.15, -0.1) is 0 Å². The van der Waals surface area contributed by atoms with E-state index in [4.69, 9.17) is 0 Å². The molecule has 0 saturated heterocycles. The van der Waals surface area contributed by atoms with E-state index in [2.05, 4.69) is 10.3 Å². The number of carbonyl (C=O) groups excluding carboxylic acids is 3. The minimum Gasteiger partial charge on any atom is -0.347 e. The van der Waals surface area contributed by atoms with Crippen molar-refractivity contribution in [3.8, 4) is 0 Å². The van der Waals surface area contributed by atoms with E-state index < -0.39 is 0 Å². The van der Waals surface area contributed by atoms with Crippen LogP contribution in [0, 0.1) is 6.92 Å². The molecule has 3 amide bonds. The highest BCUT2D eigenvalue weighted by Gasteiger charge is 2.35. The molecular weight excluding hydrogens is 390 g/mol. The van der Waals surface area contributed by atoms with Crippen LogP contribution in [-0.2, 0) is 11.2 Å². The van der Waals surface area contributed by atoms with Crippen LogP contribution in [0.3, 0.4) is 0 Å². The molecule has 156 valence electrons. The van der Waals surface area contributed by atoms with Crippen molar-refractivity contribution in [1.82, 2.24) is 15.2 Å². The summed E-state index contributed by atoms with van der Waals surface area (Å²) in [5.41, 5.74) is 3.79. The number of imide groups is 1. The lowest BCUT2D eigenvalue weighted by Gasteiger charge is -2.20. The molecule has 1 N–H and O–H groups in total. The smallest absolute Gasteiger partial charge is 0.261 e. The Morgan fingerprint density at radius 3 is 2.19 bits per heavy atom. The zero-order valence-corrected chi connectivity index (χ0v) is 17.2. The van der Waals surface area contributed by atoms with E-state index in [1.165, 1.54) is 5.56 Å². The molecule has 6 nitrogen and oxygen atoms in total. The summed E-state index contributed by atoms with van der Waals surface area (Å²) in [6, 6.07) is 20.2. The SMILES string of the molecule is Cc1ccc(CC(NC(=O)CCN2C(=O)c3ccccc3C2=O)c2ccccn2)cc1. The molecule has 1 aliphatic rings. The fourth-order valence-electron chi connectivity index (χ4n) is 3.69.